The van der Waals surface area contributed by atoms with E-state index in [2.05, 4.69) is 0 Å². The Kier molecular flexibility index (Phi) is 5.26. The van der Waals surface area contributed by atoms with Crippen LogP contribution in [-0.2, 0) is 10.0 Å². The van der Waals surface area contributed by atoms with Crippen LogP contribution in [0.5, 0.6) is 5.75 Å². The van der Waals surface area contributed by atoms with Gasteiger partial charge in [-0.3, -0.25) is 4.79 Å². The molecule has 0 aliphatic carbocycles. The third kappa shape index (κ3) is 3.57. The Bertz CT molecular complexity index is 939. The van der Waals surface area contributed by atoms with Gasteiger partial charge in [0.15, 0.2) is 0 Å². The average Bonchev–Trinajstić information content (AvgIpc) is 3.08. The number of nitrogens with zero attached hydrogens (tertiary/aromatic N) is 2. The number of rotatable bonds is 4. The van der Waals surface area contributed by atoms with E-state index in [-0.39, 0.29) is 41.1 Å². The van der Waals surface area contributed by atoms with Gasteiger partial charge in [-0.1, -0.05) is 43.7 Å². The molecule has 1 unspecified atom stereocenters. The minimum atomic E-state index is -3.73. The topological polar surface area (TPSA) is 77.9 Å². The Morgan fingerprint density at radius 1 is 1.07 bits per heavy atom. The number of benzene rings is 2. The number of hydrogen-bond acceptors (Lipinski definition) is 4. The zero-order chi connectivity index (χ0) is 19.8. The number of sulfonamides is 1. The van der Waals surface area contributed by atoms with Crippen LogP contribution in [0, 0.1) is 12.8 Å². The van der Waals surface area contributed by atoms with Crippen molar-refractivity contribution in [2.24, 2.45) is 5.92 Å². The van der Waals surface area contributed by atoms with E-state index in [9.17, 15) is 18.3 Å². The van der Waals surface area contributed by atoms with Gasteiger partial charge in [0.25, 0.3) is 5.91 Å². The number of amides is 1. The fourth-order valence-corrected chi connectivity index (χ4v) is 5.17. The van der Waals surface area contributed by atoms with Crippen molar-refractivity contribution in [1.29, 1.82) is 0 Å². The van der Waals surface area contributed by atoms with Crippen molar-refractivity contribution < 1.29 is 18.3 Å². The molecule has 3 rings (SSSR count). The van der Waals surface area contributed by atoms with Crippen LogP contribution in [0.1, 0.15) is 29.8 Å². The van der Waals surface area contributed by atoms with E-state index in [4.69, 9.17) is 0 Å². The number of phenolic OH excluding ortho intramolecular Hbond substituents is 1. The van der Waals surface area contributed by atoms with Crippen molar-refractivity contribution in [3.05, 3.63) is 59.7 Å². The van der Waals surface area contributed by atoms with Crippen LogP contribution < -0.4 is 0 Å². The van der Waals surface area contributed by atoms with E-state index < -0.39 is 16.2 Å². The molecule has 0 radical (unpaired) electrons. The molecule has 1 atom stereocenters. The Morgan fingerprint density at radius 2 is 1.70 bits per heavy atom. The molecule has 2 aromatic carbocycles. The number of aromatic hydroxyl groups is 1. The molecule has 1 saturated heterocycles. The molecule has 144 valence electrons. The second-order valence-electron chi connectivity index (χ2n) is 7.10. The zero-order valence-electron chi connectivity index (χ0n) is 15.7. The molecular weight excluding hydrogens is 364 g/mol. The van der Waals surface area contributed by atoms with Crippen molar-refractivity contribution in [2.75, 3.05) is 13.1 Å². The molecule has 0 aromatic heterocycles. The highest BCUT2D eigenvalue weighted by molar-refractivity contribution is 7.89. The number of hydrogen-bond donors (Lipinski definition) is 1. The molecule has 1 heterocycles. The molecule has 1 aliphatic heterocycles. The van der Waals surface area contributed by atoms with Crippen LogP contribution in [0.3, 0.4) is 0 Å². The minimum absolute atomic E-state index is 0.107. The lowest BCUT2D eigenvalue weighted by Crippen LogP contribution is -2.47. The number of carbonyl (C=O) groups is 1. The summed E-state index contributed by atoms with van der Waals surface area (Å²) in [4.78, 5) is 14.7. The van der Waals surface area contributed by atoms with Gasteiger partial charge in [-0.2, -0.15) is 4.31 Å². The molecule has 1 fully saturated rings. The van der Waals surface area contributed by atoms with Crippen LogP contribution in [0.25, 0.3) is 0 Å². The molecule has 1 amide bonds. The van der Waals surface area contributed by atoms with Gasteiger partial charge in [0.1, 0.15) is 11.9 Å². The third-order valence-corrected chi connectivity index (χ3v) is 6.68. The number of carbonyl (C=O) groups excluding carboxylic acids is 1. The lowest BCUT2D eigenvalue weighted by molar-refractivity contribution is 0.0630. The highest BCUT2D eigenvalue weighted by atomic mass is 32.2. The van der Waals surface area contributed by atoms with Gasteiger partial charge in [0.2, 0.25) is 10.0 Å². The summed E-state index contributed by atoms with van der Waals surface area (Å²) in [5.74, 6) is -0.583. The van der Waals surface area contributed by atoms with Gasteiger partial charge in [-0.15, -0.1) is 0 Å². The molecule has 0 spiro atoms. The molecule has 2 aromatic rings. The fraction of sp³-hybridized carbons (Fsp3) is 0.350. The molecule has 6 nitrogen and oxygen atoms in total. The largest absolute Gasteiger partial charge is 0.507 e. The summed E-state index contributed by atoms with van der Waals surface area (Å²) < 4.78 is 27.7. The van der Waals surface area contributed by atoms with Gasteiger partial charge in [-0.05, 0) is 37.1 Å². The first kappa shape index (κ1) is 19.4. The normalized spacial score (nSPS) is 18.2. The molecule has 0 bridgehead atoms. The van der Waals surface area contributed by atoms with Gasteiger partial charge in [0, 0.05) is 13.1 Å². The third-order valence-electron chi connectivity index (χ3n) is 4.79. The maximum atomic E-state index is 13.2. The Balaban J connectivity index is 1.96. The van der Waals surface area contributed by atoms with Crippen molar-refractivity contribution in [3.8, 4) is 5.75 Å². The van der Waals surface area contributed by atoms with Crippen molar-refractivity contribution >= 4 is 15.9 Å². The summed E-state index contributed by atoms with van der Waals surface area (Å²) in [7, 11) is -3.73. The van der Waals surface area contributed by atoms with Gasteiger partial charge in [0.05, 0.1) is 10.5 Å². The maximum absolute atomic E-state index is 13.2. The Morgan fingerprint density at radius 3 is 2.30 bits per heavy atom. The monoisotopic (exact) mass is 388 g/mol. The van der Waals surface area contributed by atoms with Crippen LogP contribution in [-0.4, -0.2) is 47.9 Å². The molecule has 0 saturated carbocycles. The van der Waals surface area contributed by atoms with Crippen LogP contribution in [0.15, 0.2) is 53.4 Å². The first-order chi connectivity index (χ1) is 12.7. The van der Waals surface area contributed by atoms with E-state index >= 15 is 0 Å². The van der Waals surface area contributed by atoms with Crippen molar-refractivity contribution in [3.63, 3.8) is 0 Å². The molecule has 1 aliphatic rings. The summed E-state index contributed by atoms with van der Waals surface area (Å²) in [5, 5.41) is 10.0. The standard InChI is InChI=1S/C20H24N2O4S/c1-14(2)19-21(20(24)17-6-4-5-7-18(17)23)12-13-22(19)27(25,26)16-10-8-15(3)9-11-16/h4-11,14,19,23H,12-13H2,1-3H3. The van der Waals surface area contributed by atoms with Crippen LogP contribution in [0.4, 0.5) is 0 Å². The van der Waals surface area contributed by atoms with E-state index in [0.29, 0.717) is 0 Å². The predicted octanol–water partition coefficient (Wildman–Crippen LogP) is 2.83. The van der Waals surface area contributed by atoms with Crippen molar-refractivity contribution in [1.82, 2.24) is 9.21 Å². The van der Waals surface area contributed by atoms with E-state index in [0.717, 1.165) is 5.56 Å². The summed E-state index contributed by atoms with van der Waals surface area (Å²) in [6.07, 6.45) is -0.608. The number of aryl methyl sites for hydroxylation is 1. The highest BCUT2D eigenvalue weighted by Gasteiger charge is 2.44. The molecule has 27 heavy (non-hydrogen) atoms. The summed E-state index contributed by atoms with van der Waals surface area (Å²) in [5.41, 5.74) is 1.16. The minimum Gasteiger partial charge on any atom is -0.507 e. The van der Waals surface area contributed by atoms with E-state index in [1.54, 1.807) is 42.5 Å². The SMILES string of the molecule is Cc1ccc(S(=O)(=O)N2CCN(C(=O)c3ccccc3O)C2C(C)C)cc1. The summed E-state index contributed by atoms with van der Waals surface area (Å²) in [6.45, 7) is 6.17. The summed E-state index contributed by atoms with van der Waals surface area (Å²) in [6, 6.07) is 13.0. The second kappa shape index (κ2) is 7.32. The number of para-hydroxylation sites is 1. The van der Waals surface area contributed by atoms with Gasteiger partial charge >= 0.3 is 0 Å². The maximum Gasteiger partial charge on any atom is 0.258 e. The predicted molar refractivity (Wildman–Crippen MR) is 103 cm³/mol. The van der Waals surface area contributed by atoms with Crippen LogP contribution >= 0.6 is 0 Å². The number of phenols is 1. The molecule has 1 N–H and O–H groups in total. The second-order valence-corrected chi connectivity index (χ2v) is 8.99. The highest BCUT2D eigenvalue weighted by Crippen LogP contribution is 2.31. The lowest BCUT2D eigenvalue weighted by atomic mass is 10.1. The van der Waals surface area contributed by atoms with E-state index in [1.807, 2.05) is 20.8 Å². The molecule has 7 heteroatoms. The first-order valence-electron chi connectivity index (χ1n) is 8.91. The average molecular weight is 388 g/mol. The first-order valence-corrected chi connectivity index (χ1v) is 10.3. The Labute approximate surface area is 160 Å². The van der Waals surface area contributed by atoms with Crippen LogP contribution in [0.2, 0.25) is 0 Å². The Hall–Kier alpha value is -2.38. The molecular formula is C20H24N2O4S. The van der Waals surface area contributed by atoms with Crippen molar-refractivity contribution in [2.45, 2.75) is 31.8 Å². The van der Waals surface area contributed by atoms with Gasteiger partial charge < -0.3 is 10.0 Å². The smallest absolute Gasteiger partial charge is 0.258 e. The van der Waals surface area contributed by atoms with Gasteiger partial charge in [-0.25, -0.2) is 8.42 Å². The summed E-state index contributed by atoms with van der Waals surface area (Å²) >= 11 is 0. The van der Waals surface area contributed by atoms with E-state index in [1.165, 1.54) is 15.3 Å². The zero-order valence-corrected chi connectivity index (χ0v) is 16.5. The quantitative estimate of drug-likeness (QED) is 0.874. The lowest BCUT2D eigenvalue weighted by Gasteiger charge is -2.32. The fourth-order valence-electron chi connectivity index (χ4n) is 3.46.